The number of oxime groups is 1. The summed E-state index contributed by atoms with van der Waals surface area (Å²) in [4.78, 5) is 17.5. The summed E-state index contributed by atoms with van der Waals surface area (Å²) < 4.78 is 11.3. The molecule has 0 saturated heterocycles. The molecule has 1 saturated carbocycles. The molecule has 0 aromatic rings. The normalized spacial score (nSPS) is 30.0. The standard InChI is InChI=1S/C14H25NO4Si/c1-5-17-13(16)12-10-11-8-6-7-9-14(11,18-15-12)19-20(2,3)4/h11H,5-10H2,1-4H3. The molecule has 2 unspecified atom stereocenters. The third-order valence-corrected chi connectivity index (χ3v) is 4.65. The van der Waals surface area contributed by atoms with Gasteiger partial charge in [0.25, 0.3) is 0 Å². The van der Waals surface area contributed by atoms with Crippen molar-refractivity contribution in [3.8, 4) is 0 Å². The highest BCUT2D eigenvalue weighted by atomic mass is 28.4. The van der Waals surface area contributed by atoms with Crippen molar-refractivity contribution in [2.24, 2.45) is 11.1 Å². The Kier molecular flexibility index (Phi) is 4.54. The summed E-state index contributed by atoms with van der Waals surface area (Å²) in [5, 5.41) is 4.03. The highest BCUT2D eigenvalue weighted by Crippen LogP contribution is 2.44. The summed E-state index contributed by atoms with van der Waals surface area (Å²) in [6.45, 7) is 8.62. The largest absolute Gasteiger partial charge is 0.461 e. The van der Waals surface area contributed by atoms with Crippen molar-refractivity contribution in [1.82, 2.24) is 0 Å². The molecule has 0 bridgehead atoms. The van der Waals surface area contributed by atoms with Crippen LogP contribution in [0.5, 0.6) is 0 Å². The smallest absolute Gasteiger partial charge is 0.356 e. The minimum atomic E-state index is -1.74. The highest BCUT2D eigenvalue weighted by molar-refractivity contribution is 6.69. The molecule has 1 fully saturated rings. The van der Waals surface area contributed by atoms with Crippen molar-refractivity contribution in [1.29, 1.82) is 0 Å². The van der Waals surface area contributed by atoms with E-state index in [1.54, 1.807) is 6.92 Å². The van der Waals surface area contributed by atoms with Gasteiger partial charge in [0.15, 0.2) is 14.0 Å². The Balaban J connectivity index is 2.17. The zero-order valence-corrected chi connectivity index (χ0v) is 13.9. The lowest BCUT2D eigenvalue weighted by molar-refractivity contribution is -0.244. The lowest BCUT2D eigenvalue weighted by Crippen LogP contribution is -2.53. The van der Waals surface area contributed by atoms with Crippen molar-refractivity contribution in [2.45, 2.75) is 64.5 Å². The third kappa shape index (κ3) is 3.41. The predicted molar refractivity (Wildman–Crippen MR) is 78.9 cm³/mol. The van der Waals surface area contributed by atoms with Crippen LogP contribution in [0.4, 0.5) is 0 Å². The molecule has 5 nitrogen and oxygen atoms in total. The van der Waals surface area contributed by atoms with Gasteiger partial charge in [-0.25, -0.2) is 4.79 Å². The van der Waals surface area contributed by atoms with E-state index in [9.17, 15) is 4.79 Å². The fraction of sp³-hybridized carbons (Fsp3) is 0.857. The van der Waals surface area contributed by atoms with Gasteiger partial charge in [-0.3, -0.25) is 0 Å². The second kappa shape index (κ2) is 5.85. The van der Waals surface area contributed by atoms with Crippen LogP contribution in [0.25, 0.3) is 0 Å². The Morgan fingerprint density at radius 2 is 2.20 bits per heavy atom. The van der Waals surface area contributed by atoms with Crippen LogP contribution in [0.1, 0.15) is 39.0 Å². The first-order valence-corrected chi connectivity index (χ1v) is 10.9. The van der Waals surface area contributed by atoms with Gasteiger partial charge in [-0.2, -0.15) is 0 Å². The average molecular weight is 299 g/mol. The van der Waals surface area contributed by atoms with Gasteiger partial charge in [0.05, 0.1) is 6.61 Å². The molecule has 2 atom stereocenters. The predicted octanol–water partition coefficient (Wildman–Crippen LogP) is 3.06. The van der Waals surface area contributed by atoms with Crippen LogP contribution in [-0.2, 0) is 18.8 Å². The number of rotatable bonds is 4. The van der Waals surface area contributed by atoms with E-state index in [0.29, 0.717) is 18.7 Å². The summed E-state index contributed by atoms with van der Waals surface area (Å²) in [6, 6.07) is 0. The molecule has 0 aromatic carbocycles. The van der Waals surface area contributed by atoms with Crippen LogP contribution in [0, 0.1) is 5.92 Å². The molecular weight excluding hydrogens is 274 g/mol. The number of esters is 1. The summed E-state index contributed by atoms with van der Waals surface area (Å²) in [5.74, 6) is -0.766. The Morgan fingerprint density at radius 3 is 2.85 bits per heavy atom. The number of hydrogen-bond acceptors (Lipinski definition) is 5. The SMILES string of the molecule is CCOC(=O)C1=NOC2(O[Si](C)(C)C)CCCCC2C1. The van der Waals surface area contributed by atoms with E-state index >= 15 is 0 Å². The van der Waals surface area contributed by atoms with Crippen LogP contribution in [-0.4, -0.2) is 32.4 Å². The van der Waals surface area contributed by atoms with Crippen molar-refractivity contribution < 1.29 is 18.8 Å². The lowest BCUT2D eigenvalue weighted by Gasteiger charge is -2.46. The molecule has 2 rings (SSSR count). The van der Waals surface area contributed by atoms with Gasteiger partial charge in [-0.15, -0.1) is 0 Å². The summed E-state index contributed by atoms with van der Waals surface area (Å²) >= 11 is 0. The molecule has 0 aromatic heterocycles. The molecule has 114 valence electrons. The molecule has 0 radical (unpaired) electrons. The van der Waals surface area contributed by atoms with Crippen molar-refractivity contribution in [3.05, 3.63) is 0 Å². The van der Waals surface area contributed by atoms with E-state index in [1.165, 1.54) is 0 Å². The first-order chi connectivity index (χ1) is 9.36. The lowest BCUT2D eigenvalue weighted by atomic mass is 9.79. The fourth-order valence-corrected chi connectivity index (χ4v) is 4.32. The van der Waals surface area contributed by atoms with E-state index in [2.05, 4.69) is 24.8 Å². The number of fused-ring (bicyclic) bond motifs is 1. The van der Waals surface area contributed by atoms with Gasteiger partial charge in [0, 0.05) is 18.8 Å². The van der Waals surface area contributed by atoms with E-state index in [-0.39, 0.29) is 11.9 Å². The molecule has 1 heterocycles. The molecule has 2 aliphatic rings. The Labute approximate surface area is 121 Å². The van der Waals surface area contributed by atoms with Crippen LogP contribution < -0.4 is 0 Å². The summed E-state index contributed by atoms with van der Waals surface area (Å²) in [5.41, 5.74) is 0.397. The summed E-state index contributed by atoms with van der Waals surface area (Å²) in [6.07, 6.45) is 4.72. The molecule has 0 amide bonds. The maximum atomic E-state index is 11.8. The molecule has 1 aliphatic heterocycles. The van der Waals surface area contributed by atoms with Crippen LogP contribution in [0.2, 0.25) is 19.6 Å². The molecule has 20 heavy (non-hydrogen) atoms. The Morgan fingerprint density at radius 1 is 1.45 bits per heavy atom. The van der Waals surface area contributed by atoms with Crippen molar-refractivity contribution >= 4 is 20.0 Å². The zero-order chi connectivity index (χ0) is 14.8. The number of ether oxygens (including phenoxy) is 1. The topological polar surface area (TPSA) is 57.1 Å². The van der Waals surface area contributed by atoms with Crippen molar-refractivity contribution in [3.63, 3.8) is 0 Å². The second-order valence-corrected chi connectivity index (χ2v) is 11.0. The van der Waals surface area contributed by atoms with Crippen LogP contribution >= 0.6 is 0 Å². The van der Waals surface area contributed by atoms with Gasteiger partial charge in [-0.1, -0.05) is 11.6 Å². The van der Waals surface area contributed by atoms with E-state index < -0.39 is 14.1 Å². The van der Waals surface area contributed by atoms with Gasteiger partial charge < -0.3 is 14.0 Å². The van der Waals surface area contributed by atoms with Gasteiger partial charge in [0.2, 0.25) is 5.79 Å². The quantitative estimate of drug-likeness (QED) is 0.591. The fourth-order valence-electron chi connectivity index (χ4n) is 2.97. The highest BCUT2D eigenvalue weighted by Gasteiger charge is 2.50. The monoisotopic (exact) mass is 299 g/mol. The van der Waals surface area contributed by atoms with E-state index in [4.69, 9.17) is 14.0 Å². The number of hydrogen-bond donors (Lipinski definition) is 0. The zero-order valence-electron chi connectivity index (χ0n) is 12.9. The number of carbonyl (C=O) groups is 1. The Bertz CT molecular complexity index is 404. The number of nitrogens with zero attached hydrogens (tertiary/aromatic N) is 1. The van der Waals surface area contributed by atoms with Gasteiger partial charge >= 0.3 is 5.97 Å². The molecule has 1 aliphatic carbocycles. The molecule has 6 heteroatoms. The molecular formula is C14H25NO4Si. The van der Waals surface area contributed by atoms with Crippen LogP contribution in [0.3, 0.4) is 0 Å². The second-order valence-electron chi connectivity index (χ2n) is 6.52. The number of carbonyl (C=O) groups excluding carboxylic acids is 1. The molecule has 0 spiro atoms. The third-order valence-electron chi connectivity index (χ3n) is 3.69. The Hall–Kier alpha value is -0.883. The van der Waals surface area contributed by atoms with Gasteiger partial charge in [-0.05, 0) is 39.4 Å². The first kappa shape index (κ1) is 15.5. The van der Waals surface area contributed by atoms with E-state index in [0.717, 1.165) is 25.7 Å². The minimum absolute atomic E-state index is 0.208. The maximum absolute atomic E-state index is 11.8. The summed E-state index contributed by atoms with van der Waals surface area (Å²) in [7, 11) is -1.74. The van der Waals surface area contributed by atoms with Gasteiger partial charge in [0.1, 0.15) is 0 Å². The molecule has 0 N–H and O–H groups in total. The van der Waals surface area contributed by atoms with Crippen molar-refractivity contribution in [2.75, 3.05) is 6.61 Å². The maximum Gasteiger partial charge on any atom is 0.356 e. The average Bonchev–Trinajstić information content (AvgIpc) is 2.36. The minimum Gasteiger partial charge on any atom is -0.461 e. The first-order valence-electron chi connectivity index (χ1n) is 7.48. The van der Waals surface area contributed by atoms with E-state index in [1.807, 2.05) is 0 Å². The van der Waals surface area contributed by atoms with Crippen LogP contribution in [0.15, 0.2) is 5.16 Å².